The quantitative estimate of drug-likeness (QED) is 0.711. The lowest BCUT2D eigenvalue weighted by molar-refractivity contribution is -0.135. The molecule has 1 heterocycles. The molecular weight excluding hydrogens is 318 g/mol. The van der Waals surface area contributed by atoms with E-state index in [0.29, 0.717) is 12.8 Å². The fourth-order valence-electron chi connectivity index (χ4n) is 3.39. The Balaban J connectivity index is 2.03. The van der Waals surface area contributed by atoms with Crippen LogP contribution in [0.4, 0.5) is 4.79 Å². The Labute approximate surface area is 149 Å². The van der Waals surface area contributed by atoms with Crippen LogP contribution in [0.2, 0.25) is 0 Å². The maximum Gasteiger partial charge on any atom is 0.325 e. The van der Waals surface area contributed by atoms with E-state index in [1.807, 2.05) is 51.1 Å². The molecule has 0 saturated carbocycles. The average Bonchev–Trinajstić information content (AvgIpc) is 2.80. The van der Waals surface area contributed by atoms with Gasteiger partial charge in [0.2, 0.25) is 5.91 Å². The van der Waals surface area contributed by atoms with E-state index in [-0.39, 0.29) is 24.4 Å². The molecule has 1 aromatic rings. The smallest absolute Gasteiger partial charge is 0.325 e. The van der Waals surface area contributed by atoms with E-state index >= 15 is 0 Å². The molecule has 136 valence electrons. The molecule has 4 amide bonds. The Hall–Kier alpha value is -2.37. The van der Waals surface area contributed by atoms with Crippen LogP contribution in [0, 0.1) is 0 Å². The third-order valence-corrected chi connectivity index (χ3v) is 4.58. The first kappa shape index (κ1) is 19.0. The Kier molecular flexibility index (Phi) is 6.17. The van der Waals surface area contributed by atoms with Crippen molar-refractivity contribution in [3.63, 3.8) is 0 Å². The van der Waals surface area contributed by atoms with Gasteiger partial charge >= 0.3 is 6.03 Å². The van der Waals surface area contributed by atoms with Crippen LogP contribution in [0.5, 0.6) is 0 Å². The second-order valence-electron chi connectivity index (χ2n) is 6.60. The van der Waals surface area contributed by atoms with Gasteiger partial charge in [0.05, 0.1) is 6.04 Å². The average molecular weight is 345 g/mol. The fraction of sp³-hybridized carbons (Fsp3) is 0.526. The van der Waals surface area contributed by atoms with Crippen LogP contribution in [-0.2, 0) is 9.59 Å². The molecule has 1 aliphatic heterocycles. The number of rotatable bonds is 8. The van der Waals surface area contributed by atoms with Crippen LogP contribution in [0.3, 0.4) is 0 Å². The molecule has 2 rings (SSSR count). The van der Waals surface area contributed by atoms with E-state index in [4.69, 9.17) is 0 Å². The third kappa shape index (κ3) is 4.18. The molecule has 0 aliphatic carbocycles. The molecule has 25 heavy (non-hydrogen) atoms. The van der Waals surface area contributed by atoms with Gasteiger partial charge in [-0.05, 0) is 25.3 Å². The summed E-state index contributed by atoms with van der Waals surface area (Å²) in [6.45, 7) is 5.58. The van der Waals surface area contributed by atoms with Gasteiger partial charge in [-0.3, -0.25) is 14.5 Å². The summed E-state index contributed by atoms with van der Waals surface area (Å²) in [5.41, 5.74) is 0.116. The van der Waals surface area contributed by atoms with E-state index < -0.39 is 11.6 Å². The highest BCUT2D eigenvalue weighted by atomic mass is 16.2. The highest BCUT2D eigenvalue weighted by Gasteiger charge is 2.50. The van der Waals surface area contributed by atoms with Crippen LogP contribution in [0.15, 0.2) is 30.3 Å². The van der Waals surface area contributed by atoms with Gasteiger partial charge < -0.3 is 10.6 Å². The van der Waals surface area contributed by atoms with Crippen LogP contribution in [0.25, 0.3) is 0 Å². The number of nitrogens with one attached hydrogen (secondary N) is 2. The number of carbonyl (C=O) groups is 3. The van der Waals surface area contributed by atoms with Gasteiger partial charge in [-0.2, -0.15) is 0 Å². The third-order valence-electron chi connectivity index (χ3n) is 4.58. The molecule has 6 heteroatoms. The van der Waals surface area contributed by atoms with Crippen LogP contribution >= 0.6 is 0 Å². The molecule has 6 nitrogen and oxygen atoms in total. The van der Waals surface area contributed by atoms with E-state index in [1.165, 1.54) is 0 Å². The largest absolute Gasteiger partial charge is 0.348 e. The van der Waals surface area contributed by atoms with Crippen molar-refractivity contribution in [3.05, 3.63) is 35.9 Å². The second kappa shape index (κ2) is 8.14. The Bertz CT molecular complexity index is 624. The maximum absolute atomic E-state index is 12.8. The number of imide groups is 1. The number of urea groups is 1. The van der Waals surface area contributed by atoms with Crippen LogP contribution in [-0.4, -0.2) is 34.8 Å². The molecule has 0 radical (unpaired) electrons. The van der Waals surface area contributed by atoms with Crippen LogP contribution in [0.1, 0.15) is 58.1 Å². The number of hydrogen-bond donors (Lipinski definition) is 2. The SMILES string of the molecule is CCCC1(CCC)NC(=O)N(CC(=O)N[C@H](C)c2ccccc2)C1=O. The predicted molar refractivity (Wildman–Crippen MR) is 95.8 cm³/mol. The molecule has 1 saturated heterocycles. The van der Waals surface area contributed by atoms with Crippen molar-refractivity contribution in [2.45, 2.75) is 58.0 Å². The lowest BCUT2D eigenvalue weighted by Gasteiger charge is -2.25. The summed E-state index contributed by atoms with van der Waals surface area (Å²) in [5.74, 6) is -0.632. The lowest BCUT2D eigenvalue weighted by Crippen LogP contribution is -2.47. The second-order valence-corrected chi connectivity index (χ2v) is 6.60. The summed E-state index contributed by atoms with van der Waals surface area (Å²) in [7, 11) is 0. The van der Waals surface area contributed by atoms with Gasteiger partial charge in [0.15, 0.2) is 0 Å². The molecule has 1 aliphatic rings. The minimum absolute atomic E-state index is 0.189. The first-order valence-corrected chi connectivity index (χ1v) is 8.92. The monoisotopic (exact) mass is 345 g/mol. The van der Waals surface area contributed by atoms with Crippen molar-refractivity contribution >= 4 is 17.8 Å². The van der Waals surface area contributed by atoms with Crippen molar-refractivity contribution in [2.75, 3.05) is 6.54 Å². The van der Waals surface area contributed by atoms with Crippen molar-refractivity contribution < 1.29 is 14.4 Å². The topological polar surface area (TPSA) is 78.5 Å². The van der Waals surface area contributed by atoms with Gasteiger partial charge in [0.25, 0.3) is 5.91 Å². The first-order valence-electron chi connectivity index (χ1n) is 8.92. The Morgan fingerprint density at radius 1 is 1.16 bits per heavy atom. The lowest BCUT2D eigenvalue weighted by atomic mass is 9.88. The van der Waals surface area contributed by atoms with Crippen molar-refractivity contribution in [2.24, 2.45) is 0 Å². The van der Waals surface area contributed by atoms with E-state index in [9.17, 15) is 14.4 Å². The highest BCUT2D eigenvalue weighted by molar-refractivity contribution is 6.09. The van der Waals surface area contributed by atoms with Gasteiger partial charge in [0.1, 0.15) is 12.1 Å². The minimum atomic E-state index is -0.855. The van der Waals surface area contributed by atoms with Crippen molar-refractivity contribution in [1.29, 1.82) is 0 Å². The predicted octanol–water partition coefficient (Wildman–Crippen LogP) is 2.75. The summed E-state index contributed by atoms with van der Waals surface area (Å²) in [5, 5.41) is 5.66. The highest BCUT2D eigenvalue weighted by Crippen LogP contribution is 2.27. The molecule has 0 spiro atoms. The molecule has 2 N–H and O–H groups in total. The standard InChI is InChI=1S/C19H27N3O3/c1-4-11-19(12-5-2)17(24)22(18(25)21-19)13-16(23)20-14(3)15-9-7-6-8-10-15/h6-10,14H,4-5,11-13H2,1-3H3,(H,20,23)(H,21,25)/t14-/m1/s1. The summed E-state index contributed by atoms with van der Waals surface area (Å²) in [6.07, 6.45) is 2.75. The van der Waals surface area contributed by atoms with Gasteiger partial charge in [-0.25, -0.2) is 4.79 Å². The molecule has 1 atom stereocenters. The normalized spacial score (nSPS) is 17.3. The summed E-state index contributed by atoms with van der Waals surface area (Å²) in [4.78, 5) is 38.4. The Morgan fingerprint density at radius 3 is 2.32 bits per heavy atom. The van der Waals surface area contributed by atoms with E-state index in [0.717, 1.165) is 23.3 Å². The summed E-state index contributed by atoms with van der Waals surface area (Å²) < 4.78 is 0. The molecule has 1 fully saturated rings. The van der Waals surface area contributed by atoms with Crippen molar-refractivity contribution in [3.8, 4) is 0 Å². The Morgan fingerprint density at radius 2 is 1.76 bits per heavy atom. The van der Waals surface area contributed by atoms with Gasteiger partial charge in [-0.1, -0.05) is 57.0 Å². The zero-order chi connectivity index (χ0) is 18.4. The molecule has 0 aromatic heterocycles. The summed E-state index contributed by atoms with van der Waals surface area (Å²) in [6, 6.07) is 8.89. The molecule has 0 unspecified atom stereocenters. The first-order chi connectivity index (χ1) is 11.9. The number of nitrogens with zero attached hydrogens (tertiary/aromatic N) is 1. The molecule has 1 aromatic carbocycles. The summed E-state index contributed by atoms with van der Waals surface area (Å²) >= 11 is 0. The van der Waals surface area contributed by atoms with E-state index in [1.54, 1.807) is 0 Å². The zero-order valence-electron chi connectivity index (χ0n) is 15.2. The van der Waals surface area contributed by atoms with Gasteiger partial charge in [-0.15, -0.1) is 0 Å². The molecule has 0 bridgehead atoms. The number of carbonyl (C=O) groups excluding carboxylic acids is 3. The fourth-order valence-corrected chi connectivity index (χ4v) is 3.39. The van der Waals surface area contributed by atoms with E-state index in [2.05, 4.69) is 10.6 Å². The number of benzene rings is 1. The minimum Gasteiger partial charge on any atom is -0.348 e. The molecular formula is C19H27N3O3. The van der Waals surface area contributed by atoms with Gasteiger partial charge in [0, 0.05) is 0 Å². The zero-order valence-corrected chi connectivity index (χ0v) is 15.2. The number of amides is 4. The number of hydrogen-bond acceptors (Lipinski definition) is 3. The van der Waals surface area contributed by atoms with Crippen molar-refractivity contribution in [1.82, 2.24) is 15.5 Å². The maximum atomic E-state index is 12.8. The van der Waals surface area contributed by atoms with Crippen LogP contribution < -0.4 is 10.6 Å².